The van der Waals surface area contributed by atoms with Crippen LogP contribution in [0.4, 0.5) is 0 Å². The molecule has 0 saturated heterocycles. The van der Waals surface area contributed by atoms with E-state index in [-0.39, 0.29) is 0 Å². The maximum atomic E-state index is 5.59. The largest absolute Gasteiger partial charge is 0.381 e. The molecule has 128 valence electrons. The topological polar surface area (TPSA) is 12.0 Å². The van der Waals surface area contributed by atoms with Crippen LogP contribution in [0.3, 0.4) is 0 Å². The Labute approximate surface area is 152 Å². The SMILES string of the molecule is C#C/C(NC)=C(/C=C)c1ccc(-c2c(C)c(C)c(C)c(C)c2C)cc1. The van der Waals surface area contributed by atoms with Gasteiger partial charge in [-0.25, -0.2) is 0 Å². The third-order valence-electron chi connectivity index (χ3n) is 5.35. The zero-order valence-electron chi connectivity index (χ0n) is 16.2. The van der Waals surface area contributed by atoms with Crippen LogP contribution in [-0.4, -0.2) is 7.05 Å². The van der Waals surface area contributed by atoms with Crippen molar-refractivity contribution in [3.05, 3.63) is 76.0 Å². The summed E-state index contributed by atoms with van der Waals surface area (Å²) in [5.74, 6) is 2.68. The standard InChI is InChI=1S/C24H27N/c1-9-22(23(10-2)25-8)20-11-13-21(14-12-20)24-18(6)16(4)15(3)17(5)19(24)7/h2,9,11-14,25H,1H2,3-8H3/b23-22+. The van der Waals surface area contributed by atoms with Gasteiger partial charge < -0.3 is 5.32 Å². The van der Waals surface area contributed by atoms with E-state index in [2.05, 4.69) is 76.7 Å². The summed E-state index contributed by atoms with van der Waals surface area (Å²) in [5.41, 5.74) is 12.2. The van der Waals surface area contributed by atoms with Crippen molar-refractivity contribution < 1.29 is 0 Å². The summed E-state index contributed by atoms with van der Waals surface area (Å²) in [7, 11) is 1.83. The third-order valence-corrected chi connectivity index (χ3v) is 5.35. The third kappa shape index (κ3) is 3.26. The average Bonchev–Trinajstić information content (AvgIpc) is 2.63. The molecule has 2 rings (SSSR count). The molecule has 0 aliphatic carbocycles. The molecule has 0 bridgehead atoms. The van der Waals surface area contributed by atoms with Crippen molar-refractivity contribution in [2.75, 3.05) is 7.05 Å². The van der Waals surface area contributed by atoms with Gasteiger partial charge in [0.25, 0.3) is 0 Å². The average molecular weight is 329 g/mol. The van der Waals surface area contributed by atoms with Gasteiger partial charge in [-0.15, -0.1) is 6.42 Å². The fraction of sp³-hybridized carbons (Fsp3) is 0.250. The van der Waals surface area contributed by atoms with Crippen LogP contribution < -0.4 is 5.32 Å². The van der Waals surface area contributed by atoms with Gasteiger partial charge in [0.2, 0.25) is 0 Å². The summed E-state index contributed by atoms with van der Waals surface area (Å²) in [6.45, 7) is 15.0. The summed E-state index contributed by atoms with van der Waals surface area (Å²) >= 11 is 0. The molecule has 0 spiro atoms. The number of hydrogen-bond acceptors (Lipinski definition) is 1. The minimum absolute atomic E-state index is 0.747. The van der Waals surface area contributed by atoms with Crippen molar-refractivity contribution in [3.8, 4) is 23.5 Å². The molecule has 0 unspecified atom stereocenters. The first-order valence-corrected chi connectivity index (χ1v) is 8.56. The second-order valence-electron chi connectivity index (χ2n) is 6.46. The molecule has 0 amide bonds. The number of nitrogens with one attached hydrogen (secondary N) is 1. The lowest BCUT2D eigenvalue weighted by atomic mass is 9.86. The monoisotopic (exact) mass is 329 g/mol. The van der Waals surface area contributed by atoms with E-state index in [1.165, 1.54) is 38.9 Å². The molecule has 2 aromatic carbocycles. The molecule has 2 aromatic rings. The van der Waals surface area contributed by atoms with Crippen LogP contribution in [0.25, 0.3) is 16.7 Å². The molecule has 0 radical (unpaired) electrons. The molecule has 1 heteroatoms. The Bertz CT molecular complexity index is 858. The first kappa shape index (κ1) is 18.6. The Hall–Kier alpha value is -2.72. The lowest BCUT2D eigenvalue weighted by molar-refractivity contribution is 1.05. The number of allylic oxidation sites excluding steroid dienone is 3. The summed E-state index contributed by atoms with van der Waals surface area (Å²) in [4.78, 5) is 0. The summed E-state index contributed by atoms with van der Waals surface area (Å²) in [6.07, 6.45) is 7.39. The zero-order chi connectivity index (χ0) is 18.7. The molecule has 1 nitrogen and oxygen atoms in total. The number of hydrogen-bond donors (Lipinski definition) is 1. The van der Waals surface area contributed by atoms with Crippen LogP contribution in [-0.2, 0) is 0 Å². The second kappa shape index (κ2) is 7.45. The van der Waals surface area contributed by atoms with E-state index in [0.717, 1.165) is 16.8 Å². The molecule has 1 N–H and O–H groups in total. The predicted molar refractivity (Wildman–Crippen MR) is 111 cm³/mol. The van der Waals surface area contributed by atoms with Crippen LogP contribution in [0, 0.1) is 47.0 Å². The van der Waals surface area contributed by atoms with Gasteiger partial charge in [0.05, 0.1) is 5.70 Å². The molecule has 0 aromatic heterocycles. The van der Waals surface area contributed by atoms with E-state index in [4.69, 9.17) is 6.42 Å². The Balaban J connectivity index is 2.62. The highest BCUT2D eigenvalue weighted by atomic mass is 14.8. The fourth-order valence-electron chi connectivity index (χ4n) is 3.40. The van der Waals surface area contributed by atoms with Gasteiger partial charge in [-0.2, -0.15) is 0 Å². The Morgan fingerprint density at radius 3 is 1.80 bits per heavy atom. The highest BCUT2D eigenvalue weighted by molar-refractivity contribution is 5.81. The van der Waals surface area contributed by atoms with Crippen LogP contribution >= 0.6 is 0 Å². The smallest absolute Gasteiger partial charge is 0.0927 e. The summed E-state index contributed by atoms with van der Waals surface area (Å²) in [5, 5.41) is 3.06. The number of benzene rings is 2. The maximum absolute atomic E-state index is 5.59. The van der Waals surface area contributed by atoms with Crippen LogP contribution in [0.5, 0.6) is 0 Å². The fourth-order valence-corrected chi connectivity index (χ4v) is 3.40. The quantitative estimate of drug-likeness (QED) is 0.565. The van der Waals surface area contributed by atoms with Crippen molar-refractivity contribution in [2.24, 2.45) is 0 Å². The van der Waals surface area contributed by atoms with E-state index in [9.17, 15) is 0 Å². The second-order valence-corrected chi connectivity index (χ2v) is 6.46. The predicted octanol–water partition coefficient (Wildman–Crippen LogP) is 5.65. The first-order chi connectivity index (χ1) is 11.9. The molecular formula is C24H27N. The molecule has 0 fully saturated rings. The minimum Gasteiger partial charge on any atom is -0.381 e. The highest BCUT2D eigenvalue weighted by Gasteiger charge is 2.14. The maximum Gasteiger partial charge on any atom is 0.0927 e. The summed E-state index contributed by atoms with van der Waals surface area (Å²) < 4.78 is 0. The number of rotatable bonds is 4. The molecule has 0 aliphatic heterocycles. The molecule has 0 saturated carbocycles. The Morgan fingerprint density at radius 2 is 1.40 bits per heavy atom. The summed E-state index contributed by atoms with van der Waals surface area (Å²) in [6, 6.07) is 8.58. The number of terminal acetylenes is 1. The Morgan fingerprint density at radius 1 is 0.920 bits per heavy atom. The van der Waals surface area contributed by atoms with Gasteiger partial charge in [-0.05, 0) is 79.1 Å². The molecule has 25 heavy (non-hydrogen) atoms. The van der Waals surface area contributed by atoms with Crippen LogP contribution in [0.1, 0.15) is 33.4 Å². The molecular weight excluding hydrogens is 302 g/mol. The lowest BCUT2D eigenvalue weighted by Crippen LogP contribution is -2.06. The van der Waals surface area contributed by atoms with Gasteiger partial charge in [-0.1, -0.05) is 42.8 Å². The van der Waals surface area contributed by atoms with Crippen LogP contribution in [0.15, 0.2) is 42.6 Å². The van der Waals surface area contributed by atoms with Crippen molar-refractivity contribution in [1.29, 1.82) is 0 Å². The van der Waals surface area contributed by atoms with E-state index >= 15 is 0 Å². The first-order valence-electron chi connectivity index (χ1n) is 8.56. The van der Waals surface area contributed by atoms with E-state index in [0.29, 0.717) is 0 Å². The van der Waals surface area contributed by atoms with E-state index in [1.807, 2.05) is 7.05 Å². The van der Waals surface area contributed by atoms with Crippen molar-refractivity contribution in [3.63, 3.8) is 0 Å². The Kier molecular flexibility index (Phi) is 5.55. The van der Waals surface area contributed by atoms with Crippen molar-refractivity contribution >= 4 is 5.57 Å². The van der Waals surface area contributed by atoms with Gasteiger partial charge in [0.15, 0.2) is 0 Å². The van der Waals surface area contributed by atoms with E-state index in [1.54, 1.807) is 6.08 Å². The molecule has 0 atom stereocenters. The zero-order valence-corrected chi connectivity index (χ0v) is 16.2. The van der Waals surface area contributed by atoms with Crippen molar-refractivity contribution in [1.82, 2.24) is 5.32 Å². The van der Waals surface area contributed by atoms with Gasteiger partial charge >= 0.3 is 0 Å². The van der Waals surface area contributed by atoms with Crippen molar-refractivity contribution in [2.45, 2.75) is 34.6 Å². The normalized spacial score (nSPS) is 11.6. The van der Waals surface area contributed by atoms with E-state index < -0.39 is 0 Å². The molecule has 0 aliphatic rings. The molecule has 0 heterocycles. The van der Waals surface area contributed by atoms with Gasteiger partial charge in [0, 0.05) is 12.6 Å². The minimum atomic E-state index is 0.747. The van der Waals surface area contributed by atoms with Gasteiger partial charge in [-0.3, -0.25) is 0 Å². The van der Waals surface area contributed by atoms with Crippen LogP contribution in [0.2, 0.25) is 0 Å². The highest BCUT2D eigenvalue weighted by Crippen LogP contribution is 2.34. The van der Waals surface area contributed by atoms with Gasteiger partial charge in [0.1, 0.15) is 0 Å². The lowest BCUT2D eigenvalue weighted by Gasteiger charge is -2.19.